The minimum absolute atomic E-state index is 0.0423. The smallest absolute Gasteiger partial charge is 0.387 e. The van der Waals surface area contributed by atoms with Gasteiger partial charge in [-0.05, 0) is 41.8 Å². The molecule has 2 aromatic carbocycles. The third-order valence-corrected chi connectivity index (χ3v) is 4.08. The molecule has 3 rings (SSSR count). The number of fused-ring (bicyclic) bond motifs is 1. The van der Waals surface area contributed by atoms with Gasteiger partial charge in [-0.1, -0.05) is 23.7 Å². The minimum Gasteiger partial charge on any atom is -0.493 e. The van der Waals surface area contributed by atoms with E-state index in [1.165, 1.54) is 13.2 Å². The van der Waals surface area contributed by atoms with Gasteiger partial charge in [0.05, 0.1) is 13.0 Å². The second-order valence-electron chi connectivity index (χ2n) is 5.34. The van der Waals surface area contributed by atoms with E-state index in [2.05, 4.69) is 10.1 Å². The third kappa shape index (κ3) is 3.28. The SMILES string of the molecule is COc1cc(C[C@H]2C(=O)Nc3cc(Cl)ccc32)ccc1OC(F)F. The van der Waals surface area contributed by atoms with Crippen LogP contribution in [-0.2, 0) is 11.2 Å². The van der Waals surface area contributed by atoms with Gasteiger partial charge in [0.1, 0.15) is 0 Å². The number of benzene rings is 2. The molecule has 0 spiro atoms. The molecule has 126 valence electrons. The van der Waals surface area contributed by atoms with Crippen molar-refractivity contribution in [3.8, 4) is 11.5 Å². The Hall–Kier alpha value is -2.34. The van der Waals surface area contributed by atoms with Crippen molar-refractivity contribution < 1.29 is 23.0 Å². The van der Waals surface area contributed by atoms with E-state index in [0.717, 1.165) is 11.1 Å². The molecule has 1 heterocycles. The lowest BCUT2D eigenvalue weighted by molar-refractivity contribution is -0.117. The fourth-order valence-corrected chi connectivity index (χ4v) is 2.94. The first-order valence-corrected chi connectivity index (χ1v) is 7.57. The van der Waals surface area contributed by atoms with Crippen LogP contribution in [0.1, 0.15) is 17.0 Å². The van der Waals surface area contributed by atoms with Crippen molar-refractivity contribution in [1.82, 2.24) is 0 Å². The van der Waals surface area contributed by atoms with E-state index in [1.807, 2.05) is 6.07 Å². The largest absolute Gasteiger partial charge is 0.493 e. The zero-order valence-electron chi connectivity index (χ0n) is 12.7. The number of methoxy groups -OCH3 is 1. The monoisotopic (exact) mass is 353 g/mol. The molecule has 0 fully saturated rings. The van der Waals surface area contributed by atoms with Crippen LogP contribution in [0.25, 0.3) is 0 Å². The molecule has 0 aliphatic carbocycles. The van der Waals surface area contributed by atoms with E-state index in [0.29, 0.717) is 17.1 Å². The quantitative estimate of drug-likeness (QED) is 0.875. The molecular formula is C17H14ClF2NO3. The van der Waals surface area contributed by atoms with E-state index < -0.39 is 6.61 Å². The second kappa shape index (κ2) is 6.65. The Labute approximate surface area is 142 Å². The Morgan fingerprint density at radius 3 is 2.71 bits per heavy atom. The Balaban J connectivity index is 1.85. The molecule has 0 unspecified atom stereocenters. The van der Waals surface area contributed by atoms with Gasteiger partial charge in [0.25, 0.3) is 0 Å². The molecule has 1 aliphatic rings. The molecule has 0 saturated heterocycles. The van der Waals surface area contributed by atoms with Gasteiger partial charge >= 0.3 is 6.61 Å². The van der Waals surface area contributed by atoms with Crippen molar-refractivity contribution in [3.63, 3.8) is 0 Å². The minimum atomic E-state index is -2.93. The molecular weight excluding hydrogens is 340 g/mol. The molecule has 24 heavy (non-hydrogen) atoms. The topological polar surface area (TPSA) is 47.6 Å². The first-order chi connectivity index (χ1) is 11.5. The van der Waals surface area contributed by atoms with Crippen LogP contribution in [0.15, 0.2) is 36.4 Å². The fourth-order valence-electron chi connectivity index (χ4n) is 2.77. The lowest BCUT2D eigenvalue weighted by Gasteiger charge is -2.13. The number of amides is 1. The van der Waals surface area contributed by atoms with E-state index >= 15 is 0 Å². The zero-order chi connectivity index (χ0) is 17.3. The molecule has 0 aromatic heterocycles. The van der Waals surface area contributed by atoms with Crippen LogP contribution in [-0.4, -0.2) is 19.6 Å². The van der Waals surface area contributed by atoms with E-state index in [4.69, 9.17) is 16.3 Å². The zero-order valence-corrected chi connectivity index (χ0v) is 13.4. The molecule has 7 heteroatoms. The van der Waals surface area contributed by atoms with Gasteiger partial charge in [-0.3, -0.25) is 4.79 Å². The van der Waals surface area contributed by atoms with Gasteiger partial charge in [-0.15, -0.1) is 0 Å². The molecule has 0 bridgehead atoms. The molecule has 1 N–H and O–H groups in total. The van der Waals surface area contributed by atoms with Gasteiger partial charge in [-0.25, -0.2) is 0 Å². The number of nitrogens with one attached hydrogen (secondary N) is 1. The highest BCUT2D eigenvalue weighted by Gasteiger charge is 2.30. The second-order valence-corrected chi connectivity index (χ2v) is 5.78. The molecule has 4 nitrogen and oxygen atoms in total. The summed E-state index contributed by atoms with van der Waals surface area (Å²) in [5, 5.41) is 3.34. The maximum atomic E-state index is 12.4. The van der Waals surface area contributed by atoms with Crippen molar-refractivity contribution in [3.05, 3.63) is 52.5 Å². The normalized spacial score (nSPS) is 16.0. The summed E-state index contributed by atoms with van der Waals surface area (Å²) in [6.07, 6.45) is 0.409. The predicted octanol–water partition coefficient (Wildman–Crippen LogP) is 4.23. The Kier molecular flexibility index (Phi) is 4.57. The first kappa shape index (κ1) is 16.5. The summed E-state index contributed by atoms with van der Waals surface area (Å²) in [5.74, 6) is -0.343. The average Bonchev–Trinajstić information content (AvgIpc) is 2.83. The summed E-state index contributed by atoms with van der Waals surface area (Å²) < 4.78 is 34.2. The first-order valence-electron chi connectivity index (χ1n) is 7.20. The van der Waals surface area contributed by atoms with Crippen molar-refractivity contribution in [2.24, 2.45) is 0 Å². The van der Waals surface area contributed by atoms with Crippen LogP contribution in [0.5, 0.6) is 11.5 Å². The van der Waals surface area contributed by atoms with E-state index in [-0.39, 0.29) is 23.3 Å². The Morgan fingerprint density at radius 2 is 2.00 bits per heavy atom. The number of carbonyl (C=O) groups is 1. The lowest BCUT2D eigenvalue weighted by atomic mass is 9.93. The van der Waals surface area contributed by atoms with Crippen LogP contribution < -0.4 is 14.8 Å². The Bertz CT molecular complexity index is 782. The fraction of sp³-hybridized carbons (Fsp3) is 0.235. The van der Waals surface area contributed by atoms with Gasteiger partial charge in [0.15, 0.2) is 11.5 Å². The van der Waals surface area contributed by atoms with E-state index in [1.54, 1.807) is 24.3 Å². The van der Waals surface area contributed by atoms with Gasteiger partial charge in [0.2, 0.25) is 5.91 Å². The van der Waals surface area contributed by atoms with Gasteiger partial charge in [-0.2, -0.15) is 8.78 Å². The van der Waals surface area contributed by atoms with Crippen LogP contribution in [0.3, 0.4) is 0 Å². The van der Waals surface area contributed by atoms with Crippen LogP contribution >= 0.6 is 11.6 Å². The van der Waals surface area contributed by atoms with Crippen LogP contribution in [0, 0.1) is 0 Å². The number of carbonyl (C=O) groups excluding carboxylic acids is 1. The molecule has 0 saturated carbocycles. The number of halogens is 3. The lowest BCUT2D eigenvalue weighted by Crippen LogP contribution is -2.14. The Morgan fingerprint density at radius 1 is 1.21 bits per heavy atom. The number of ether oxygens (including phenoxy) is 2. The molecule has 1 aliphatic heterocycles. The molecule has 1 amide bonds. The number of hydrogen-bond donors (Lipinski definition) is 1. The van der Waals surface area contributed by atoms with Crippen molar-refractivity contribution >= 4 is 23.2 Å². The van der Waals surface area contributed by atoms with Crippen molar-refractivity contribution in [2.75, 3.05) is 12.4 Å². The van der Waals surface area contributed by atoms with E-state index in [9.17, 15) is 13.6 Å². The summed E-state index contributed by atoms with van der Waals surface area (Å²) in [4.78, 5) is 12.2. The summed E-state index contributed by atoms with van der Waals surface area (Å²) in [7, 11) is 1.37. The van der Waals surface area contributed by atoms with Gasteiger partial charge in [0, 0.05) is 10.7 Å². The highest BCUT2D eigenvalue weighted by molar-refractivity contribution is 6.31. The maximum Gasteiger partial charge on any atom is 0.387 e. The maximum absolute atomic E-state index is 12.4. The highest BCUT2D eigenvalue weighted by Crippen LogP contribution is 2.38. The van der Waals surface area contributed by atoms with Crippen LogP contribution in [0.2, 0.25) is 5.02 Å². The number of alkyl halides is 2. The molecule has 2 aromatic rings. The average molecular weight is 354 g/mol. The summed E-state index contributed by atoms with van der Waals surface area (Å²) in [6.45, 7) is -2.93. The standard InChI is InChI=1S/C17H14ClF2NO3/c1-23-15-7-9(2-5-14(15)24-17(19)20)6-12-11-4-3-10(18)8-13(11)21-16(12)22/h2-5,7-8,12,17H,6H2,1H3,(H,21,22)/t12-/m1/s1. The summed E-state index contributed by atoms with van der Waals surface area (Å²) in [5.41, 5.74) is 2.33. The third-order valence-electron chi connectivity index (χ3n) is 3.85. The van der Waals surface area contributed by atoms with Gasteiger partial charge < -0.3 is 14.8 Å². The summed E-state index contributed by atoms with van der Waals surface area (Å²) in [6, 6.07) is 9.89. The molecule has 0 radical (unpaired) electrons. The predicted molar refractivity (Wildman–Crippen MR) is 86.2 cm³/mol. The molecule has 1 atom stereocenters. The number of anilines is 1. The number of rotatable bonds is 5. The van der Waals surface area contributed by atoms with Crippen LogP contribution in [0.4, 0.5) is 14.5 Å². The number of hydrogen-bond acceptors (Lipinski definition) is 3. The highest BCUT2D eigenvalue weighted by atomic mass is 35.5. The van der Waals surface area contributed by atoms with Crippen molar-refractivity contribution in [1.29, 1.82) is 0 Å². The summed E-state index contributed by atoms with van der Waals surface area (Å²) >= 11 is 5.93. The van der Waals surface area contributed by atoms with Crippen molar-refractivity contribution in [2.45, 2.75) is 19.0 Å².